The molecule has 1 aromatic carbocycles. The van der Waals surface area contributed by atoms with E-state index in [1.54, 1.807) is 54.9 Å². The van der Waals surface area contributed by atoms with Crippen molar-refractivity contribution in [3.63, 3.8) is 0 Å². The van der Waals surface area contributed by atoms with Crippen LogP contribution in [0.5, 0.6) is 5.75 Å². The first kappa shape index (κ1) is 21.0. The number of nitroso groups, excluding NO2 is 1. The molecule has 0 atom stereocenters. The van der Waals surface area contributed by atoms with Crippen LogP contribution >= 0.6 is 0 Å². The third-order valence-electron chi connectivity index (χ3n) is 4.89. The molecule has 3 heterocycles. The molecule has 0 radical (unpaired) electrons. The Kier molecular flexibility index (Phi) is 6.38. The van der Waals surface area contributed by atoms with E-state index in [1.165, 1.54) is 4.90 Å². The molecule has 1 aliphatic rings. The molecule has 10 nitrogen and oxygen atoms in total. The predicted molar refractivity (Wildman–Crippen MR) is 114 cm³/mol. The summed E-state index contributed by atoms with van der Waals surface area (Å²) >= 11 is 0. The molecule has 32 heavy (non-hydrogen) atoms. The summed E-state index contributed by atoms with van der Waals surface area (Å²) in [4.78, 5) is 38.8. The van der Waals surface area contributed by atoms with Gasteiger partial charge in [0.2, 0.25) is 5.82 Å². The Morgan fingerprint density at radius 1 is 1.19 bits per heavy atom. The number of hydrogen-bond donors (Lipinski definition) is 0. The highest BCUT2D eigenvalue weighted by Crippen LogP contribution is 2.33. The van der Waals surface area contributed by atoms with Crippen molar-refractivity contribution in [2.75, 3.05) is 18.1 Å². The maximum Gasteiger partial charge on any atom is 0.292 e. The van der Waals surface area contributed by atoms with E-state index in [-0.39, 0.29) is 30.8 Å². The van der Waals surface area contributed by atoms with Crippen LogP contribution in [0.4, 0.5) is 11.6 Å². The molecule has 0 aliphatic carbocycles. The van der Waals surface area contributed by atoms with Gasteiger partial charge in [0.1, 0.15) is 23.9 Å². The Hall–Kier alpha value is -4.23. The summed E-state index contributed by atoms with van der Waals surface area (Å²) < 4.78 is 10.3. The summed E-state index contributed by atoms with van der Waals surface area (Å²) in [6.45, 7) is 0.498. The van der Waals surface area contributed by atoms with Gasteiger partial charge in [-0.3, -0.25) is 14.7 Å². The Morgan fingerprint density at radius 2 is 2.03 bits per heavy atom. The summed E-state index contributed by atoms with van der Waals surface area (Å²) in [5.74, 6) is 0.777. The molecule has 4 rings (SSSR count). The monoisotopic (exact) mass is 430 g/mol. The van der Waals surface area contributed by atoms with Crippen molar-refractivity contribution in [3.8, 4) is 23.5 Å². The number of aromatic nitrogens is 3. The fourth-order valence-electron chi connectivity index (χ4n) is 3.40. The molecule has 2 aromatic heterocycles. The van der Waals surface area contributed by atoms with E-state index < -0.39 is 0 Å². The van der Waals surface area contributed by atoms with Crippen LogP contribution in [0.2, 0.25) is 0 Å². The lowest BCUT2D eigenvalue weighted by Gasteiger charge is -2.28. The van der Waals surface area contributed by atoms with Crippen LogP contribution in [-0.2, 0) is 22.6 Å². The lowest BCUT2D eigenvalue weighted by molar-refractivity contribution is -0.123. The quantitative estimate of drug-likeness (QED) is 0.412. The average Bonchev–Trinajstić information content (AvgIpc) is 2.84. The van der Waals surface area contributed by atoms with Gasteiger partial charge in [-0.2, -0.15) is 0 Å². The van der Waals surface area contributed by atoms with Gasteiger partial charge in [-0.05, 0) is 47.8 Å². The van der Waals surface area contributed by atoms with E-state index in [2.05, 4.69) is 20.1 Å². The van der Waals surface area contributed by atoms with Gasteiger partial charge in [0, 0.05) is 18.3 Å². The smallest absolute Gasteiger partial charge is 0.292 e. The molecule has 0 saturated carbocycles. The van der Waals surface area contributed by atoms with Gasteiger partial charge in [-0.1, -0.05) is 18.2 Å². The van der Waals surface area contributed by atoms with Gasteiger partial charge in [0.25, 0.3) is 12.2 Å². The minimum Gasteiger partial charge on any atom is -0.388 e. The largest absolute Gasteiger partial charge is 0.388 e. The summed E-state index contributed by atoms with van der Waals surface area (Å²) in [6.07, 6.45) is 4.42. The second-order valence-corrected chi connectivity index (χ2v) is 6.96. The number of carbonyl (C=O) groups is 1. The van der Waals surface area contributed by atoms with Gasteiger partial charge in [-0.25, -0.2) is 9.97 Å². The zero-order valence-corrected chi connectivity index (χ0v) is 17.0. The van der Waals surface area contributed by atoms with E-state index in [9.17, 15) is 9.70 Å². The first-order valence-corrected chi connectivity index (χ1v) is 9.88. The molecular formula is C22H18N6O4. The van der Waals surface area contributed by atoms with E-state index in [4.69, 9.17) is 14.7 Å². The van der Waals surface area contributed by atoms with Crippen molar-refractivity contribution in [2.45, 2.75) is 19.4 Å². The highest BCUT2D eigenvalue weighted by Gasteiger charge is 2.28. The summed E-state index contributed by atoms with van der Waals surface area (Å²) in [5.41, 5.74) is 1.86. The standard InChI is InChI=1S/C22H18N6O4/c23-14-32-16-8-6-15(7-9-16)12-31-13-19(29)28-11-3-4-17-20(27-30)25-21(26-22(17)28)18-5-1-2-10-24-18/h1-2,5-10H,3-4,11-13H2. The van der Waals surface area contributed by atoms with Gasteiger partial charge < -0.3 is 9.47 Å². The minimum absolute atomic E-state index is 0.0220. The molecule has 10 heteroatoms. The predicted octanol–water partition coefficient (Wildman–Crippen LogP) is 3.29. The number of fused-ring (bicyclic) bond motifs is 1. The first-order valence-electron chi connectivity index (χ1n) is 9.88. The molecule has 0 N–H and O–H groups in total. The van der Waals surface area contributed by atoms with E-state index in [0.717, 1.165) is 5.56 Å². The van der Waals surface area contributed by atoms with Crippen LogP contribution in [0.15, 0.2) is 53.8 Å². The molecule has 3 aromatic rings. The molecule has 1 aliphatic heterocycles. The van der Waals surface area contributed by atoms with Gasteiger partial charge in [0.15, 0.2) is 5.82 Å². The maximum absolute atomic E-state index is 12.9. The number of anilines is 1. The topological polar surface area (TPSA) is 131 Å². The maximum atomic E-state index is 12.9. The van der Waals surface area contributed by atoms with E-state index in [0.29, 0.717) is 42.2 Å². The van der Waals surface area contributed by atoms with Crippen molar-refractivity contribution in [3.05, 3.63) is 64.7 Å². The van der Waals surface area contributed by atoms with Crippen LogP contribution in [0.25, 0.3) is 11.5 Å². The number of amides is 1. The zero-order chi connectivity index (χ0) is 22.3. The number of ether oxygens (including phenoxy) is 2. The van der Waals surface area contributed by atoms with Gasteiger partial charge in [0.05, 0.1) is 6.61 Å². The first-order chi connectivity index (χ1) is 15.7. The minimum atomic E-state index is -0.280. The summed E-state index contributed by atoms with van der Waals surface area (Å²) in [6, 6.07) is 12.1. The average molecular weight is 430 g/mol. The normalized spacial score (nSPS) is 12.5. The Balaban J connectivity index is 1.49. The molecule has 160 valence electrons. The third-order valence-corrected chi connectivity index (χ3v) is 4.89. The molecule has 0 spiro atoms. The van der Waals surface area contributed by atoms with Crippen molar-refractivity contribution >= 4 is 17.5 Å². The number of nitrogens with zero attached hydrogens (tertiary/aromatic N) is 6. The summed E-state index contributed by atoms with van der Waals surface area (Å²) in [7, 11) is 0. The van der Waals surface area contributed by atoms with Crippen molar-refractivity contribution in [1.82, 2.24) is 15.0 Å². The number of carbonyl (C=O) groups excluding carboxylic acids is 1. The van der Waals surface area contributed by atoms with Gasteiger partial charge in [-0.15, -0.1) is 10.2 Å². The number of benzene rings is 1. The number of pyridine rings is 1. The highest BCUT2D eigenvalue weighted by molar-refractivity contribution is 5.95. The molecule has 0 saturated heterocycles. The highest BCUT2D eigenvalue weighted by atomic mass is 16.5. The lowest BCUT2D eigenvalue weighted by atomic mass is 10.1. The van der Waals surface area contributed by atoms with Crippen LogP contribution in [-0.4, -0.2) is 34.0 Å². The van der Waals surface area contributed by atoms with Crippen molar-refractivity contribution < 1.29 is 14.3 Å². The second kappa shape index (κ2) is 9.72. The molecule has 0 fully saturated rings. The second-order valence-electron chi connectivity index (χ2n) is 6.96. The fraction of sp³-hybridized carbons (Fsp3) is 0.227. The number of nitriles is 1. The molecule has 0 bridgehead atoms. The Morgan fingerprint density at radius 3 is 2.75 bits per heavy atom. The third kappa shape index (κ3) is 4.58. The molecule has 0 unspecified atom stereocenters. The van der Waals surface area contributed by atoms with Crippen LogP contribution in [0, 0.1) is 16.4 Å². The SMILES string of the molecule is N#COc1ccc(COCC(=O)N2CCCc3c(N=O)nc(-c4ccccn4)nc32)cc1. The lowest BCUT2D eigenvalue weighted by Crippen LogP contribution is -2.39. The molecular weight excluding hydrogens is 412 g/mol. The number of hydrogen-bond acceptors (Lipinski definition) is 9. The van der Waals surface area contributed by atoms with Crippen molar-refractivity contribution in [1.29, 1.82) is 5.26 Å². The van der Waals surface area contributed by atoms with Gasteiger partial charge >= 0.3 is 0 Å². The van der Waals surface area contributed by atoms with Crippen LogP contribution in [0.1, 0.15) is 17.5 Å². The van der Waals surface area contributed by atoms with E-state index in [1.807, 2.05) is 0 Å². The number of rotatable bonds is 7. The van der Waals surface area contributed by atoms with Crippen molar-refractivity contribution in [2.24, 2.45) is 5.18 Å². The Labute approximate surface area is 183 Å². The summed E-state index contributed by atoms with van der Waals surface area (Å²) in [5, 5.41) is 11.6. The molecule has 1 amide bonds. The zero-order valence-electron chi connectivity index (χ0n) is 17.0. The van der Waals surface area contributed by atoms with E-state index >= 15 is 0 Å². The van der Waals surface area contributed by atoms with Crippen LogP contribution < -0.4 is 9.64 Å². The van der Waals surface area contributed by atoms with Crippen LogP contribution in [0.3, 0.4) is 0 Å². The Bertz CT molecular complexity index is 1160. The fourth-order valence-corrected chi connectivity index (χ4v) is 3.40.